The summed E-state index contributed by atoms with van der Waals surface area (Å²) < 4.78 is 0. The summed E-state index contributed by atoms with van der Waals surface area (Å²) in [6, 6.07) is 21.8. The number of pyridine rings is 1. The Morgan fingerprint density at radius 1 is 0.862 bits per heavy atom. The van der Waals surface area contributed by atoms with Gasteiger partial charge in [-0.3, -0.25) is 4.79 Å². The maximum atomic E-state index is 12.5. The van der Waals surface area contributed by atoms with Crippen molar-refractivity contribution in [1.82, 2.24) is 4.98 Å². The predicted molar refractivity (Wildman–Crippen MR) is 118 cm³/mol. The highest BCUT2D eigenvalue weighted by Gasteiger charge is 2.12. The Balaban J connectivity index is 1.32. The van der Waals surface area contributed by atoms with Crippen molar-refractivity contribution in [1.29, 1.82) is 0 Å². The number of aromatic nitrogens is 1. The van der Waals surface area contributed by atoms with Gasteiger partial charge in [-0.05, 0) is 61.2 Å². The molecule has 2 N–H and O–H groups in total. The average molecular weight is 386 g/mol. The zero-order valence-corrected chi connectivity index (χ0v) is 16.5. The van der Waals surface area contributed by atoms with Crippen molar-refractivity contribution in [3.05, 3.63) is 84.2 Å². The van der Waals surface area contributed by atoms with Crippen molar-refractivity contribution >= 4 is 23.0 Å². The molecular formula is C24H26N4O. The van der Waals surface area contributed by atoms with E-state index in [1.165, 1.54) is 30.5 Å². The van der Waals surface area contributed by atoms with E-state index in [0.29, 0.717) is 5.69 Å². The topological polar surface area (TPSA) is 57.3 Å². The van der Waals surface area contributed by atoms with E-state index in [4.69, 9.17) is 0 Å². The normalized spacial score (nSPS) is 13.7. The van der Waals surface area contributed by atoms with Crippen LogP contribution in [0.1, 0.15) is 35.3 Å². The Morgan fingerprint density at radius 3 is 2.28 bits per heavy atom. The molecule has 2 heterocycles. The number of hydrogen-bond acceptors (Lipinski definition) is 4. The molecule has 5 nitrogen and oxygen atoms in total. The van der Waals surface area contributed by atoms with Crippen LogP contribution in [0, 0.1) is 0 Å². The number of piperidine rings is 1. The van der Waals surface area contributed by atoms with Crippen LogP contribution in [0.4, 0.5) is 17.1 Å². The van der Waals surface area contributed by atoms with Crippen LogP contribution in [0.25, 0.3) is 0 Å². The minimum Gasteiger partial charge on any atom is -0.380 e. The third kappa shape index (κ3) is 5.13. The highest BCUT2D eigenvalue weighted by molar-refractivity contribution is 6.03. The zero-order valence-electron chi connectivity index (χ0n) is 16.5. The van der Waals surface area contributed by atoms with Crippen molar-refractivity contribution in [2.45, 2.75) is 25.8 Å². The number of nitrogens with one attached hydrogen (secondary N) is 2. The lowest BCUT2D eigenvalue weighted by atomic mass is 10.1. The maximum absolute atomic E-state index is 12.5. The molecule has 0 aliphatic carbocycles. The van der Waals surface area contributed by atoms with Crippen LogP contribution < -0.4 is 15.5 Å². The Bertz CT molecular complexity index is 917. The van der Waals surface area contributed by atoms with Crippen molar-refractivity contribution in [2.75, 3.05) is 28.6 Å². The first-order chi connectivity index (χ1) is 14.3. The molecule has 148 valence electrons. The van der Waals surface area contributed by atoms with Crippen molar-refractivity contribution in [3.63, 3.8) is 0 Å². The standard InChI is InChI=1S/C24H26N4O/c29-24(27-20-9-12-22(13-10-20)28-15-5-2-6-16-28)23-14-11-21(18-26-23)25-17-19-7-3-1-4-8-19/h1,3-4,7-14,18,25H,2,5-6,15-17H2,(H,27,29). The van der Waals surface area contributed by atoms with Gasteiger partial charge in [0.2, 0.25) is 0 Å². The third-order valence-electron chi connectivity index (χ3n) is 5.18. The molecular weight excluding hydrogens is 360 g/mol. The van der Waals surface area contributed by atoms with E-state index in [2.05, 4.69) is 44.8 Å². The fourth-order valence-electron chi connectivity index (χ4n) is 3.54. The van der Waals surface area contributed by atoms with Crippen LogP contribution in [-0.4, -0.2) is 24.0 Å². The summed E-state index contributed by atoms with van der Waals surface area (Å²) in [7, 11) is 0. The molecule has 1 amide bonds. The van der Waals surface area contributed by atoms with E-state index >= 15 is 0 Å². The van der Waals surface area contributed by atoms with Gasteiger partial charge in [-0.15, -0.1) is 0 Å². The second kappa shape index (κ2) is 9.24. The molecule has 1 aliphatic heterocycles. The van der Waals surface area contributed by atoms with Gasteiger partial charge >= 0.3 is 0 Å². The van der Waals surface area contributed by atoms with Gasteiger partial charge in [-0.1, -0.05) is 30.3 Å². The van der Waals surface area contributed by atoms with Crippen molar-refractivity contribution in [3.8, 4) is 0 Å². The van der Waals surface area contributed by atoms with Crippen LogP contribution >= 0.6 is 0 Å². The molecule has 4 rings (SSSR count). The summed E-state index contributed by atoms with van der Waals surface area (Å²) in [6.07, 6.45) is 5.51. The van der Waals surface area contributed by atoms with Gasteiger partial charge in [-0.25, -0.2) is 4.98 Å². The fourth-order valence-corrected chi connectivity index (χ4v) is 3.54. The maximum Gasteiger partial charge on any atom is 0.274 e. The van der Waals surface area contributed by atoms with Gasteiger partial charge in [0.15, 0.2) is 0 Å². The second-order valence-electron chi connectivity index (χ2n) is 7.32. The molecule has 1 aromatic heterocycles. The second-order valence-corrected chi connectivity index (χ2v) is 7.32. The molecule has 3 aromatic rings. The summed E-state index contributed by atoms with van der Waals surface area (Å²) in [5.41, 5.74) is 4.48. The first-order valence-electron chi connectivity index (χ1n) is 10.2. The van der Waals surface area contributed by atoms with Crippen LogP contribution in [-0.2, 0) is 6.54 Å². The largest absolute Gasteiger partial charge is 0.380 e. The van der Waals surface area contributed by atoms with E-state index in [0.717, 1.165) is 31.0 Å². The van der Waals surface area contributed by atoms with E-state index in [1.54, 1.807) is 12.3 Å². The zero-order chi connectivity index (χ0) is 19.9. The number of anilines is 3. The fraction of sp³-hybridized carbons (Fsp3) is 0.250. The molecule has 1 fully saturated rings. The van der Waals surface area contributed by atoms with Gasteiger partial charge < -0.3 is 15.5 Å². The lowest BCUT2D eigenvalue weighted by Crippen LogP contribution is -2.29. The van der Waals surface area contributed by atoms with E-state index in [-0.39, 0.29) is 5.91 Å². The smallest absolute Gasteiger partial charge is 0.274 e. The van der Waals surface area contributed by atoms with Gasteiger partial charge in [-0.2, -0.15) is 0 Å². The number of hydrogen-bond donors (Lipinski definition) is 2. The summed E-state index contributed by atoms with van der Waals surface area (Å²) in [5, 5.41) is 6.24. The molecule has 1 saturated heterocycles. The summed E-state index contributed by atoms with van der Waals surface area (Å²) in [5.74, 6) is -0.203. The summed E-state index contributed by atoms with van der Waals surface area (Å²) in [4.78, 5) is 19.2. The van der Waals surface area contributed by atoms with E-state index in [1.807, 2.05) is 36.4 Å². The molecule has 0 saturated carbocycles. The van der Waals surface area contributed by atoms with Gasteiger partial charge in [0.05, 0.1) is 11.9 Å². The summed E-state index contributed by atoms with van der Waals surface area (Å²) in [6.45, 7) is 2.94. The number of nitrogens with zero attached hydrogens (tertiary/aromatic N) is 2. The van der Waals surface area contributed by atoms with Crippen LogP contribution in [0.2, 0.25) is 0 Å². The Kier molecular flexibility index (Phi) is 6.05. The molecule has 0 atom stereocenters. The average Bonchev–Trinajstić information content (AvgIpc) is 2.80. The molecule has 2 aromatic carbocycles. The highest BCUT2D eigenvalue weighted by Crippen LogP contribution is 2.22. The van der Waals surface area contributed by atoms with Gasteiger partial charge in [0.25, 0.3) is 5.91 Å². The quantitative estimate of drug-likeness (QED) is 0.630. The van der Waals surface area contributed by atoms with Crippen molar-refractivity contribution < 1.29 is 4.79 Å². The lowest BCUT2D eigenvalue weighted by Gasteiger charge is -2.28. The molecule has 5 heteroatoms. The summed E-state index contributed by atoms with van der Waals surface area (Å²) >= 11 is 0. The number of benzene rings is 2. The molecule has 0 unspecified atom stereocenters. The predicted octanol–water partition coefficient (Wildman–Crippen LogP) is 4.94. The Morgan fingerprint density at radius 2 is 1.59 bits per heavy atom. The molecule has 1 aliphatic rings. The monoisotopic (exact) mass is 386 g/mol. The molecule has 0 bridgehead atoms. The molecule has 0 radical (unpaired) electrons. The lowest BCUT2D eigenvalue weighted by molar-refractivity contribution is 0.102. The van der Waals surface area contributed by atoms with Crippen molar-refractivity contribution in [2.24, 2.45) is 0 Å². The number of carbonyl (C=O) groups is 1. The Hall–Kier alpha value is -3.34. The Labute approximate surface area is 171 Å². The SMILES string of the molecule is O=C(Nc1ccc(N2CCCCC2)cc1)c1ccc(NCc2ccccc2)cn1. The van der Waals surface area contributed by atoms with Crippen LogP contribution in [0.3, 0.4) is 0 Å². The molecule has 29 heavy (non-hydrogen) atoms. The number of amides is 1. The molecule has 0 spiro atoms. The minimum atomic E-state index is -0.203. The van der Waals surface area contributed by atoms with E-state index < -0.39 is 0 Å². The number of rotatable bonds is 6. The highest BCUT2D eigenvalue weighted by atomic mass is 16.1. The first kappa shape index (κ1) is 19.0. The minimum absolute atomic E-state index is 0.203. The number of carbonyl (C=O) groups excluding carboxylic acids is 1. The van der Waals surface area contributed by atoms with Gasteiger partial charge in [0.1, 0.15) is 5.69 Å². The van der Waals surface area contributed by atoms with Crippen LogP contribution in [0.5, 0.6) is 0 Å². The van der Waals surface area contributed by atoms with Gasteiger partial charge in [0, 0.05) is 31.0 Å². The van der Waals surface area contributed by atoms with E-state index in [9.17, 15) is 4.79 Å². The van der Waals surface area contributed by atoms with Crippen LogP contribution in [0.15, 0.2) is 72.9 Å². The third-order valence-corrected chi connectivity index (χ3v) is 5.18. The first-order valence-corrected chi connectivity index (χ1v) is 10.2.